The molecule has 4 rings (SSSR count). The lowest BCUT2D eigenvalue weighted by Crippen LogP contribution is -1.97. The van der Waals surface area contributed by atoms with Crippen LogP contribution in [0.15, 0.2) is 54.7 Å². The Hall–Kier alpha value is -2.37. The van der Waals surface area contributed by atoms with Crippen LogP contribution in [-0.4, -0.2) is 19.7 Å². The summed E-state index contributed by atoms with van der Waals surface area (Å²) in [5.74, 6) is 0.754. The second-order valence-electron chi connectivity index (χ2n) is 4.92. The Kier molecular flexibility index (Phi) is 3.10. The summed E-state index contributed by atoms with van der Waals surface area (Å²) >= 11 is 11.5. The fourth-order valence-corrected chi connectivity index (χ4v) is 3.01. The second kappa shape index (κ2) is 5.12. The number of nitrogens with one attached hydrogen (secondary N) is 2. The maximum absolute atomic E-state index is 6.10. The standard InChI is InChI=1S/C16H11ClN4S/c17-10-4-3-5-11(8-10)21-15(19-20-16(21)22)13-9-18-14-7-2-1-6-12(13)14/h1-9,18H,(H,20,22). The number of H-pyrrole nitrogens is 2. The van der Waals surface area contributed by atoms with Gasteiger partial charge in [0.15, 0.2) is 10.6 Å². The lowest BCUT2D eigenvalue weighted by atomic mass is 10.1. The fraction of sp³-hybridized carbons (Fsp3) is 0. The zero-order valence-corrected chi connectivity index (χ0v) is 12.9. The molecule has 4 nitrogen and oxygen atoms in total. The summed E-state index contributed by atoms with van der Waals surface area (Å²) in [7, 11) is 0. The van der Waals surface area contributed by atoms with Crippen LogP contribution >= 0.6 is 23.8 Å². The Morgan fingerprint density at radius 2 is 1.95 bits per heavy atom. The van der Waals surface area contributed by atoms with E-state index in [1.54, 1.807) is 0 Å². The first-order valence-corrected chi connectivity index (χ1v) is 7.52. The van der Waals surface area contributed by atoms with Gasteiger partial charge < -0.3 is 4.98 Å². The Labute approximate surface area is 136 Å². The molecule has 2 heterocycles. The summed E-state index contributed by atoms with van der Waals surface area (Å²) in [5, 5.41) is 9.02. The van der Waals surface area contributed by atoms with Gasteiger partial charge in [0.1, 0.15) is 0 Å². The number of fused-ring (bicyclic) bond motifs is 1. The lowest BCUT2D eigenvalue weighted by molar-refractivity contribution is 1.04. The summed E-state index contributed by atoms with van der Waals surface area (Å²) in [6.07, 6.45) is 1.94. The molecule has 0 saturated heterocycles. The van der Waals surface area contributed by atoms with Crippen molar-refractivity contribution >= 4 is 34.7 Å². The minimum atomic E-state index is 0.530. The third-order valence-electron chi connectivity index (χ3n) is 3.57. The van der Waals surface area contributed by atoms with Gasteiger partial charge in [-0.1, -0.05) is 35.9 Å². The summed E-state index contributed by atoms with van der Waals surface area (Å²) < 4.78 is 2.42. The predicted octanol–water partition coefficient (Wildman–Crippen LogP) is 4.73. The van der Waals surface area contributed by atoms with Gasteiger partial charge >= 0.3 is 0 Å². The summed E-state index contributed by atoms with van der Waals surface area (Å²) in [6.45, 7) is 0. The van der Waals surface area contributed by atoms with Gasteiger partial charge in [-0.25, -0.2) is 0 Å². The van der Waals surface area contributed by atoms with Gasteiger partial charge in [0.25, 0.3) is 0 Å². The van der Waals surface area contributed by atoms with Gasteiger partial charge in [-0.05, 0) is 36.5 Å². The van der Waals surface area contributed by atoms with E-state index in [4.69, 9.17) is 23.8 Å². The maximum Gasteiger partial charge on any atom is 0.200 e. The average Bonchev–Trinajstić information content (AvgIpc) is 3.10. The molecule has 0 radical (unpaired) electrons. The van der Waals surface area contributed by atoms with E-state index in [9.17, 15) is 0 Å². The van der Waals surface area contributed by atoms with Gasteiger partial charge in [-0.3, -0.25) is 9.67 Å². The predicted molar refractivity (Wildman–Crippen MR) is 91.1 cm³/mol. The molecule has 0 atom stereocenters. The molecule has 6 heteroatoms. The smallest absolute Gasteiger partial charge is 0.200 e. The third-order valence-corrected chi connectivity index (χ3v) is 4.08. The van der Waals surface area contributed by atoms with Crippen LogP contribution in [-0.2, 0) is 0 Å². The number of aromatic amines is 2. The van der Waals surface area contributed by atoms with Crippen LogP contribution in [0.3, 0.4) is 0 Å². The van der Waals surface area contributed by atoms with Gasteiger partial charge in [-0.15, -0.1) is 0 Å². The number of aromatic nitrogens is 4. The monoisotopic (exact) mass is 326 g/mol. The number of rotatable bonds is 2. The highest BCUT2D eigenvalue weighted by Gasteiger charge is 2.14. The quantitative estimate of drug-likeness (QED) is 0.523. The molecule has 0 bridgehead atoms. The molecule has 0 unspecified atom stereocenters. The van der Waals surface area contributed by atoms with Crippen LogP contribution < -0.4 is 0 Å². The Morgan fingerprint density at radius 1 is 1.09 bits per heavy atom. The molecule has 0 aliphatic heterocycles. The summed E-state index contributed by atoms with van der Waals surface area (Å²) in [4.78, 5) is 3.26. The molecular formula is C16H11ClN4S. The van der Waals surface area contributed by atoms with Crippen molar-refractivity contribution in [3.8, 4) is 17.1 Å². The first-order chi connectivity index (χ1) is 10.7. The van der Waals surface area contributed by atoms with E-state index in [0.29, 0.717) is 9.79 Å². The Morgan fingerprint density at radius 3 is 2.82 bits per heavy atom. The molecule has 22 heavy (non-hydrogen) atoms. The van der Waals surface area contributed by atoms with E-state index in [1.165, 1.54) is 0 Å². The molecular weight excluding hydrogens is 316 g/mol. The number of para-hydroxylation sites is 1. The fourth-order valence-electron chi connectivity index (χ4n) is 2.59. The van der Waals surface area contributed by atoms with Crippen molar-refractivity contribution in [2.24, 2.45) is 0 Å². The van der Waals surface area contributed by atoms with Crippen molar-refractivity contribution in [3.63, 3.8) is 0 Å². The highest BCUT2D eigenvalue weighted by atomic mass is 35.5. The molecule has 0 fully saturated rings. The second-order valence-corrected chi connectivity index (χ2v) is 5.74. The summed E-state index contributed by atoms with van der Waals surface area (Å²) in [5.41, 5.74) is 2.93. The van der Waals surface area contributed by atoms with E-state index in [2.05, 4.69) is 21.2 Å². The van der Waals surface area contributed by atoms with E-state index in [1.807, 2.05) is 53.2 Å². The molecule has 4 aromatic rings. The van der Waals surface area contributed by atoms with E-state index in [-0.39, 0.29) is 0 Å². The summed E-state index contributed by atoms with van der Waals surface area (Å²) in [6, 6.07) is 15.6. The third kappa shape index (κ3) is 2.06. The molecule has 0 aliphatic carbocycles. The minimum Gasteiger partial charge on any atom is -0.360 e. The van der Waals surface area contributed by atoms with Crippen molar-refractivity contribution in [1.29, 1.82) is 0 Å². The Balaban J connectivity index is 2.00. The Bertz CT molecular complexity index is 1030. The molecule has 0 amide bonds. The van der Waals surface area contributed by atoms with Crippen molar-refractivity contribution in [1.82, 2.24) is 19.7 Å². The van der Waals surface area contributed by atoms with Crippen molar-refractivity contribution in [2.75, 3.05) is 0 Å². The molecule has 108 valence electrons. The van der Waals surface area contributed by atoms with E-state index in [0.717, 1.165) is 28.0 Å². The van der Waals surface area contributed by atoms with Gasteiger partial charge in [0.2, 0.25) is 0 Å². The SMILES string of the molecule is S=c1[nH]nc(-c2c[nH]c3ccccc23)n1-c1cccc(Cl)c1. The van der Waals surface area contributed by atoms with E-state index < -0.39 is 0 Å². The number of nitrogens with zero attached hydrogens (tertiary/aromatic N) is 2. The molecule has 2 aromatic carbocycles. The van der Waals surface area contributed by atoms with Crippen LogP contribution in [0.25, 0.3) is 28.0 Å². The van der Waals surface area contributed by atoms with Gasteiger partial charge in [0, 0.05) is 27.7 Å². The largest absolute Gasteiger partial charge is 0.360 e. The van der Waals surface area contributed by atoms with E-state index >= 15 is 0 Å². The first-order valence-electron chi connectivity index (χ1n) is 6.74. The number of halogens is 1. The molecule has 0 spiro atoms. The normalized spacial score (nSPS) is 11.1. The average molecular weight is 327 g/mol. The number of hydrogen-bond acceptors (Lipinski definition) is 2. The van der Waals surface area contributed by atoms with Gasteiger partial charge in [-0.2, -0.15) is 5.10 Å². The zero-order valence-electron chi connectivity index (χ0n) is 11.4. The molecule has 0 aliphatic rings. The maximum atomic E-state index is 6.10. The topological polar surface area (TPSA) is 49.4 Å². The lowest BCUT2D eigenvalue weighted by Gasteiger charge is -2.06. The van der Waals surface area contributed by atoms with Crippen LogP contribution in [0.5, 0.6) is 0 Å². The number of hydrogen-bond donors (Lipinski definition) is 2. The van der Waals surface area contributed by atoms with Crippen LogP contribution in [0.1, 0.15) is 0 Å². The molecule has 0 saturated carbocycles. The van der Waals surface area contributed by atoms with Crippen molar-refractivity contribution in [2.45, 2.75) is 0 Å². The van der Waals surface area contributed by atoms with Gasteiger partial charge in [0.05, 0.1) is 5.69 Å². The van der Waals surface area contributed by atoms with Crippen molar-refractivity contribution in [3.05, 3.63) is 64.5 Å². The first kappa shape index (κ1) is 13.3. The molecule has 2 N–H and O–H groups in total. The highest BCUT2D eigenvalue weighted by molar-refractivity contribution is 7.71. The van der Waals surface area contributed by atoms with Crippen molar-refractivity contribution < 1.29 is 0 Å². The number of benzene rings is 2. The highest BCUT2D eigenvalue weighted by Crippen LogP contribution is 2.29. The minimum absolute atomic E-state index is 0.530. The van der Waals surface area contributed by atoms with Crippen LogP contribution in [0, 0.1) is 4.77 Å². The molecule has 2 aromatic heterocycles. The van der Waals surface area contributed by atoms with Crippen LogP contribution in [0.4, 0.5) is 0 Å². The zero-order chi connectivity index (χ0) is 15.1. The van der Waals surface area contributed by atoms with Crippen LogP contribution in [0.2, 0.25) is 5.02 Å².